The van der Waals surface area contributed by atoms with E-state index in [0.29, 0.717) is 23.8 Å². The number of pyridine rings is 1. The normalized spacial score (nSPS) is 16.6. The van der Waals surface area contributed by atoms with Crippen LogP contribution in [0.15, 0.2) is 12.1 Å². The molecule has 16 heavy (non-hydrogen) atoms. The van der Waals surface area contributed by atoms with Crippen molar-refractivity contribution in [2.75, 3.05) is 11.9 Å². The first-order valence-corrected chi connectivity index (χ1v) is 5.50. The highest BCUT2D eigenvalue weighted by Gasteiger charge is 2.29. The van der Waals surface area contributed by atoms with Gasteiger partial charge in [0.1, 0.15) is 11.9 Å². The van der Waals surface area contributed by atoms with Crippen LogP contribution in [0.3, 0.4) is 0 Å². The van der Waals surface area contributed by atoms with Crippen LogP contribution in [0.4, 0.5) is 5.82 Å². The molecule has 0 bridgehead atoms. The van der Waals surface area contributed by atoms with E-state index in [2.05, 4.69) is 16.4 Å². The zero-order valence-electron chi connectivity index (χ0n) is 9.27. The van der Waals surface area contributed by atoms with E-state index in [-0.39, 0.29) is 6.10 Å². The number of aliphatic hydroxyl groups excluding tert-OH is 1. The highest BCUT2D eigenvalue weighted by Crippen LogP contribution is 2.32. The third-order valence-electron chi connectivity index (χ3n) is 2.80. The van der Waals surface area contributed by atoms with Gasteiger partial charge in [-0.05, 0) is 37.8 Å². The SMILES string of the molecule is Cc1ccc(C#N)c(NCC(O)C2CC2)n1. The van der Waals surface area contributed by atoms with Crippen molar-refractivity contribution in [2.24, 2.45) is 5.92 Å². The van der Waals surface area contributed by atoms with Gasteiger partial charge in [0, 0.05) is 12.2 Å². The lowest BCUT2D eigenvalue weighted by Crippen LogP contribution is -2.22. The molecule has 0 aliphatic heterocycles. The van der Waals surface area contributed by atoms with Crippen molar-refractivity contribution in [3.05, 3.63) is 23.4 Å². The van der Waals surface area contributed by atoms with Gasteiger partial charge in [0.2, 0.25) is 0 Å². The van der Waals surface area contributed by atoms with Crippen molar-refractivity contribution in [3.8, 4) is 6.07 Å². The highest BCUT2D eigenvalue weighted by molar-refractivity contribution is 5.52. The summed E-state index contributed by atoms with van der Waals surface area (Å²) in [7, 11) is 0. The van der Waals surface area contributed by atoms with Crippen LogP contribution in [-0.2, 0) is 0 Å². The molecule has 1 aliphatic carbocycles. The van der Waals surface area contributed by atoms with Gasteiger partial charge >= 0.3 is 0 Å². The fraction of sp³-hybridized carbons (Fsp3) is 0.500. The third-order valence-corrected chi connectivity index (χ3v) is 2.80. The molecule has 0 radical (unpaired) electrons. The molecular formula is C12H15N3O. The summed E-state index contributed by atoms with van der Waals surface area (Å²) in [6.07, 6.45) is 1.89. The average Bonchev–Trinajstić information content (AvgIpc) is 3.10. The number of aromatic nitrogens is 1. The smallest absolute Gasteiger partial charge is 0.144 e. The van der Waals surface area contributed by atoms with Crippen molar-refractivity contribution in [3.63, 3.8) is 0 Å². The molecule has 1 unspecified atom stereocenters. The van der Waals surface area contributed by atoms with E-state index in [9.17, 15) is 5.11 Å². The minimum Gasteiger partial charge on any atom is -0.391 e. The van der Waals surface area contributed by atoms with Gasteiger partial charge < -0.3 is 10.4 Å². The van der Waals surface area contributed by atoms with E-state index in [1.807, 2.05) is 6.92 Å². The number of anilines is 1. The van der Waals surface area contributed by atoms with Gasteiger partial charge in [0.05, 0.1) is 11.7 Å². The van der Waals surface area contributed by atoms with Crippen LogP contribution in [0.25, 0.3) is 0 Å². The lowest BCUT2D eigenvalue weighted by atomic mass is 10.2. The maximum Gasteiger partial charge on any atom is 0.144 e. The molecule has 2 N–H and O–H groups in total. The Labute approximate surface area is 94.9 Å². The molecule has 0 saturated heterocycles. The average molecular weight is 217 g/mol. The van der Waals surface area contributed by atoms with Crippen LogP contribution >= 0.6 is 0 Å². The highest BCUT2D eigenvalue weighted by atomic mass is 16.3. The first-order chi connectivity index (χ1) is 7.70. The summed E-state index contributed by atoms with van der Waals surface area (Å²) in [6.45, 7) is 2.35. The standard InChI is InChI=1S/C12H15N3O/c1-8-2-3-10(6-13)12(15-8)14-7-11(16)9-4-5-9/h2-3,9,11,16H,4-5,7H2,1H3,(H,14,15). The number of aryl methyl sites for hydroxylation is 1. The quantitative estimate of drug-likeness (QED) is 0.800. The number of hydrogen-bond acceptors (Lipinski definition) is 4. The van der Waals surface area contributed by atoms with Crippen LogP contribution in [0.1, 0.15) is 24.1 Å². The molecule has 0 aromatic carbocycles. The fourth-order valence-electron chi connectivity index (χ4n) is 1.63. The molecule has 4 heteroatoms. The van der Waals surface area contributed by atoms with E-state index >= 15 is 0 Å². The Kier molecular flexibility index (Phi) is 3.07. The summed E-state index contributed by atoms with van der Waals surface area (Å²) in [6, 6.07) is 5.64. The zero-order chi connectivity index (χ0) is 11.5. The molecule has 1 heterocycles. The Morgan fingerprint density at radius 2 is 2.38 bits per heavy atom. The summed E-state index contributed by atoms with van der Waals surface area (Å²) in [4.78, 5) is 4.25. The molecule has 1 fully saturated rings. The van der Waals surface area contributed by atoms with Crippen LogP contribution < -0.4 is 5.32 Å². The Morgan fingerprint density at radius 3 is 3.00 bits per heavy atom. The molecule has 1 aromatic rings. The number of nitriles is 1. The van der Waals surface area contributed by atoms with Crippen LogP contribution in [-0.4, -0.2) is 22.7 Å². The first-order valence-electron chi connectivity index (χ1n) is 5.50. The molecule has 1 saturated carbocycles. The van der Waals surface area contributed by atoms with Crippen molar-refractivity contribution >= 4 is 5.82 Å². The first kappa shape index (κ1) is 10.9. The molecule has 1 aliphatic rings. The topological polar surface area (TPSA) is 68.9 Å². The summed E-state index contributed by atoms with van der Waals surface area (Å²) in [5.41, 5.74) is 1.39. The molecule has 2 rings (SSSR count). The van der Waals surface area contributed by atoms with Crippen molar-refractivity contribution in [2.45, 2.75) is 25.9 Å². The van der Waals surface area contributed by atoms with Crippen LogP contribution in [0.2, 0.25) is 0 Å². The maximum absolute atomic E-state index is 9.71. The van der Waals surface area contributed by atoms with Crippen molar-refractivity contribution < 1.29 is 5.11 Å². The second kappa shape index (κ2) is 4.50. The van der Waals surface area contributed by atoms with Gasteiger partial charge in [0.25, 0.3) is 0 Å². The second-order valence-corrected chi connectivity index (χ2v) is 4.25. The molecule has 0 amide bonds. The van der Waals surface area contributed by atoms with E-state index < -0.39 is 0 Å². The van der Waals surface area contributed by atoms with Gasteiger partial charge in [-0.2, -0.15) is 5.26 Å². The molecule has 1 atom stereocenters. The van der Waals surface area contributed by atoms with Gasteiger partial charge in [-0.1, -0.05) is 0 Å². The Balaban J connectivity index is 2.02. The van der Waals surface area contributed by atoms with Gasteiger partial charge in [-0.15, -0.1) is 0 Å². The van der Waals surface area contributed by atoms with Gasteiger partial charge in [0.15, 0.2) is 0 Å². The van der Waals surface area contributed by atoms with E-state index in [1.165, 1.54) is 0 Å². The van der Waals surface area contributed by atoms with Crippen molar-refractivity contribution in [1.29, 1.82) is 5.26 Å². The predicted molar refractivity (Wildman–Crippen MR) is 60.9 cm³/mol. The third kappa shape index (κ3) is 2.50. The van der Waals surface area contributed by atoms with Gasteiger partial charge in [-0.3, -0.25) is 0 Å². The number of nitrogens with zero attached hydrogens (tertiary/aromatic N) is 2. The molecule has 0 spiro atoms. The number of aliphatic hydroxyl groups is 1. The van der Waals surface area contributed by atoms with Gasteiger partial charge in [-0.25, -0.2) is 4.98 Å². The monoisotopic (exact) mass is 217 g/mol. The Bertz CT molecular complexity index is 421. The van der Waals surface area contributed by atoms with Crippen LogP contribution in [0.5, 0.6) is 0 Å². The van der Waals surface area contributed by atoms with E-state index in [0.717, 1.165) is 18.5 Å². The predicted octanol–water partition coefficient (Wildman–Crippen LogP) is 1.44. The number of rotatable bonds is 4. The Morgan fingerprint density at radius 1 is 1.62 bits per heavy atom. The second-order valence-electron chi connectivity index (χ2n) is 4.25. The summed E-state index contributed by atoms with van der Waals surface area (Å²) < 4.78 is 0. The van der Waals surface area contributed by atoms with E-state index in [1.54, 1.807) is 12.1 Å². The number of hydrogen-bond donors (Lipinski definition) is 2. The molecule has 84 valence electrons. The fourth-order valence-corrected chi connectivity index (χ4v) is 1.63. The largest absolute Gasteiger partial charge is 0.391 e. The maximum atomic E-state index is 9.71. The number of nitrogens with one attached hydrogen (secondary N) is 1. The minimum absolute atomic E-state index is 0.325. The Hall–Kier alpha value is -1.60. The lowest BCUT2D eigenvalue weighted by Gasteiger charge is -2.12. The van der Waals surface area contributed by atoms with Crippen LogP contribution in [0, 0.1) is 24.2 Å². The van der Waals surface area contributed by atoms with Crippen molar-refractivity contribution in [1.82, 2.24) is 4.98 Å². The molecule has 4 nitrogen and oxygen atoms in total. The summed E-state index contributed by atoms with van der Waals surface area (Å²) in [5, 5.41) is 21.7. The zero-order valence-corrected chi connectivity index (χ0v) is 9.27. The molecular weight excluding hydrogens is 202 g/mol. The molecule has 1 aromatic heterocycles. The lowest BCUT2D eigenvalue weighted by molar-refractivity contribution is 0.164. The minimum atomic E-state index is -0.325. The summed E-state index contributed by atoms with van der Waals surface area (Å²) >= 11 is 0. The van der Waals surface area contributed by atoms with E-state index in [4.69, 9.17) is 5.26 Å². The summed E-state index contributed by atoms with van der Waals surface area (Å²) in [5.74, 6) is 1.00.